The predicted molar refractivity (Wildman–Crippen MR) is 92.6 cm³/mol. The van der Waals surface area contributed by atoms with E-state index in [0.717, 1.165) is 11.4 Å². The van der Waals surface area contributed by atoms with Crippen LogP contribution in [0.5, 0.6) is 0 Å². The van der Waals surface area contributed by atoms with E-state index < -0.39 is 0 Å². The van der Waals surface area contributed by atoms with Crippen molar-refractivity contribution < 1.29 is 0 Å². The number of rotatable bonds is 9. The first-order chi connectivity index (χ1) is 10.4. The number of nitrogens with one attached hydrogen (secondary N) is 2. The van der Waals surface area contributed by atoms with Crippen LogP contribution in [-0.4, -0.2) is 0 Å². The van der Waals surface area contributed by atoms with Crippen LogP contribution in [0.4, 0.5) is 11.4 Å². The van der Waals surface area contributed by atoms with Crippen molar-refractivity contribution >= 4 is 11.4 Å². The summed E-state index contributed by atoms with van der Waals surface area (Å²) in [4.78, 5) is 0. The minimum Gasteiger partial charge on any atom is -0.301 e. The van der Waals surface area contributed by atoms with Gasteiger partial charge in [0, 0.05) is 0 Å². The first-order valence-corrected chi connectivity index (χ1v) is 8.04. The van der Waals surface area contributed by atoms with E-state index in [1.165, 1.54) is 44.1 Å². The van der Waals surface area contributed by atoms with Gasteiger partial charge in [-0.25, -0.2) is 0 Å². The molecule has 2 rings (SSSR count). The Balaban J connectivity index is 1.71. The lowest BCUT2D eigenvalue weighted by Gasteiger charge is -2.10. The summed E-state index contributed by atoms with van der Waals surface area (Å²) in [5.41, 5.74) is 10.0. The maximum atomic E-state index is 3.22. The zero-order valence-corrected chi connectivity index (χ0v) is 12.9. The number of hydrogen-bond acceptors (Lipinski definition) is 2. The van der Waals surface area contributed by atoms with Gasteiger partial charge >= 0.3 is 0 Å². The molecule has 0 aliphatic rings. The Hall–Kier alpha value is -1.96. The van der Waals surface area contributed by atoms with Gasteiger partial charge in [0.25, 0.3) is 0 Å². The van der Waals surface area contributed by atoms with E-state index in [9.17, 15) is 0 Å². The third-order valence-electron chi connectivity index (χ3n) is 3.65. The van der Waals surface area contributed by atoms with Crippen LogP contribution in [0.25, 0.3) is 0 Å². The highest BCUT2D eigenvalue weighted by Gasteiger charge is 1.96. The minimum atomic E-state index is 1.07. The van der Waals surface area contributed by atoms with Crippen LogP contribution in [0.1, 0.15) is 44.6 Å². The second-order valence-electron chi connectivity index (χ2n) is 5.48. The summed E-state index contributed by atoms with van der Waals surface area (Å²) in [5, 5.41) is 0. The maximum absolute atomic E-state index is 3.22. The average Bonchev–Trinajstić information content (AvgIpc) is 2.55. The fraction of sp³-hybridized carbons (Fsp3) is 0.368. The highest BCUT2D eigenvalue weighted by atomic mass is 15.4. The van der Waals surface area contributed by atoms with E-state index in [-0.39, 0.29) is 0 Å². The number of anilines is 2. The molecular formula is C19H26N2. The normalized spacial score (nSPS) is 10.3. The van der Waals surface area contributed by atoms with Crippen molar-refractivity contribution in [1.29, 1.82) is 0 Å². The first-order valence-electron chi connectivity index (χ1n) is 8.04. The first kappa shape index (κ1) is 15.4. The molecule has 0 saturated carbocycles. The van der Waals surface area contributed by atoms with Crippen molar-refractivity contribution in [3.05, 3.63) is 60.2 Å². The smallest absolute Gasteiger partial charge is 0.0540 e. The third-order valence-corrected chi connectivity index (χ3v) is 3.65. The summed E-state index contributed by atoms with van der Waals surface area (Å²) < 4.78 is 0. The predicted octanol–water partition coefficient (Wildman–Crippen LogP) is 5.64. The number of unbranched alkanes of at least 4 members (excludes halogenated alkanes) is 4. The number of aryl methyl sites for hydroxylation is 1. The lowest BCUT2D eigenvalue weighted by molar-refractivity contribution is 0.632. The van der Waals surface area contributed by atoms with E-state index in [4.69, 9.17) is 0 Å². The molecule has 0 amide bonds. The van der Waals surface area contributed by atoms with E-state index in [0.29, 0.717) is 0 Å². The molecule has 0 bridgehead atoms. The molecule has 0 aromatic heterocycles. The van der Waals surface area contributed by atoms with Gasteiger partial charge in [0.2, 0.25) is 0 Å². The number of para-hydroxylation sites is 1. The van der Waals surface area contributed by atoms with Gasteiger partial charge in [0.1, 0.15) is 0 Å². The Labute approximate surface area is 128 Å². The molecule has 0 aliphatic carbocycles. The summed E-state index contributed by atoms with van der Waals surface area (Å²) >= 11 is 0. The molecule has 2 nitrogen and oxygen atoms in total. The molecule has 2 N–H and O–H groups in total. The van der Waals surface area contributed by atoms with Crippen LogP contribution in [-0.2, 0) is 6.42 Å². The maximum Gasteiger partial charge on any atom is 0.0540 e. The van der Waals surface area contributed by atoms with Crippen molar-refractivity contribution in [2.75, 3.05) is 10.9 Å². The molecule has 0 radical (unpaired) electrons. The standard InChI is InChI=1S/C19H26N2/c1-2-3-4-5-7-10-17-13-15-19(16-14-17)21-20-18-11-8-6-9-12-18/h6,8-9,11-16,20-21H,2-5,7,10H2,1H3. The molecule has 0 saturated heterocycles. The van der Waals surface area contributed by atoms with Gasteiger partial charge in [-0.05, 0) is 42.7 Å². The molecule has 0 heterocycles. The monoisotopic (exact) mass is 282 g/mol. The highest BCUT2D eigenvalue weighted by Crippen LogP contribution is 2.14. The lowest BCUT2D eigenvalue weighted by Crippen LogP contribution is -2.08. The molecule has 0 atom stereocenters. The van der Waals surface area contributed by atoms with Crippen LogP contribution in [0.3, 0.4) is 0 Å². The Morgan fingerprint density at radius 2 is 1.29 bits per heavy atom. The van der Waals surface area contributed by atoms with Crippen LogP contribution >= 0.6 is 0 Å². The molecule has 112 valence electrons. The lowest BCUT2D eigenvalue weighted by atomic mass is 10.1. The van der Waals surface area contributed by atoms with Gasteiger partial charge in [0.15, 0.2) is 0 Å². The topological polar surface area (TPSA) is 24.1 Å². The molecule has 2 aromatic carbocycles. The highest BCUT2D eigenvalue weighted by molar-refractivity contribution is 5.52. The Morgan fingerprint density at radius 1 is 0.667 bits per heavy atom. The van der Waals surface area contributed by atoms with Crippen LogP contribution in [0.2, 0.25) is 0 Å². The van der Waals surface area contributed by atoms with Gasteiger partial charge in [-0.2, -0.15) is 0 Å². The SMILES string of the molecule is CCCCCCCc1ccc(NNc2ccccc2)cc1. The second kappa shape index (κ2) is 9.06. The molecular weight excluding hydrogens is 256 g/mol. The van der Waals surface area contributed by atoms with Crippen molar-refractivity contribution in [1.82, 2.24) is 0 Å². The van der Waals surface area contributed by atoms with E-state index in [1.807, 2.05) is 30.3 Å². The molecule has 2 heteroatoms. The zero-order valence-electron chi connectivity index (χ0n) is 12.9. The van der Waals surface area contributed by atoms with E-state index >= 15 is 0 Å². The van der Waals surface area contributed by atoms with E-state index in [2.05, 4.69) is 42.0 Å². The number of hydrogen-bond donors (Lipinski definition) is 2. The molecule has 0 spiro atoms. The van der Waals surface area contributed by atoms with Crippen LogP contribution in [0, 0.1) is 0 Å². The number of benzene rings is 2. The van der Waals surface area contributed by atoms with Crippen LogP contribution in [0.15, 0.2) is 54.6 Å². The summed E-state index contributed by atoms with van der Waals surface area (Å²) in [5.74, 6) is 0. The summed E-state index contributed by atoms with van der Waals surface area (Å²) in [7, 11) is 0. The van der Waals surface area contributed by atoms with Gasteiger partial charge in [-0.1, -0.05) is 62.9 Å². The van der Waals surface area contributed by atoms with Crippen molar-refractivity contribution in [2.45, 2.75) is 45.4 Å². The zero-order chi connectivity index (χ0) is 14.8. The van der Waals surface area contributed by atoms with Gasteiger partial charge in [-0.3, -0.25) is 0 Å². The average molecular weight is 282 g/mol. The van der Waals surface area contributed by atoms with Crippen molar-refractivity contribution in [2.24, 2.45) is 0 Å². The van der Waals surface area contributed by atoms with Crippen molar-refractivity contribution in [3.63, 3.8) is 0 Å². The van der Waals surface area contributed by atoms with Crippen LogP contribution < -0.4 is 10.9 Å². The van der Waals surface area contributed by atoms with Gasteiger partial charge in [0.05, 0.1) is 11.4 Å². The second-order valence-corrected chi connectivity index (χ2v) is 5.48. The Bertz CT molecular complexity index is 491. The Kier molecular flexibility index (Phi) is 6.66. The Morgan fingerprint density at radius 3 is 1.95 bits per heavy atom. The van der Waals surface area contributed by atoms with E-state index in [1.54, 1.807) is 0 Å². The quantitative estimate of drug-likeness (QED) is 0.459. The molecule has 0 unspecified atom stereocenters. The fourth-order valence-electron chi connectivity index (χ4n) is 2.35. The number of hydrazine groups is 1. The van der Waals surface area contributed by atoms with Gasteiger partial charge in [-0.15, -0.1) is 0 Å². The minimum absolute atomic E-state index is 1.07. The molecule has 0 fully saturated rings. The van der Waals surface area contributed by atoms with Crippen molar-refractivity contribution in [3.8, 4) is 0 Å². The summed E-state index contributed by atoms with van der Waals surface area (Å²) in [6.45, 7) is 2.26. The largest absolute Gasteiger partial charge is 0.301 e. The molecule has 21 heavy (non-hydrogen) atoms. The van der Waals surface area contributed by atoms with Gasteiger partial charge < -0.3 is 10.9 Å². The summed E-state index contributed by atoms with van der Waals surface area (Å²) in [6.07, 6.45) is 7.90. The fourth-order valence-corrected chi connectivity index (χ4v) is 2.35. The third kappa shape index (κ3) is 5.90. The molecule has 2 aromatic rings. The molecule has 0 aliphatic heterocycles. The summed E-state index contributed by atoms with van der Waals surface area (Å²) in [6, 6.07) is 18.8.